The second kappa shape index (κ2) is 8.08. The minimum absolute atomic E-state index is 0.0665. The molecule has 4 heterocycles. The van der Waals surface area contributed by atoms with Gasteiger partial charge in [0.1, 0.15) is 17.5 Å². The first-order valence-corrected chi connectivity index (χ1v) is 9.25. The number of hydrogen-bond acceptors (Lipinski definition) is 7. The molecule has 3 aromatic rings. The van der Waals surface area contributed by atoms with Crippen LogP contribution in [0.2, 0.25) is 0 Å². The molecular weight excluding hydrogens is 356 g/mol. The summed E-state index contributed by atoms with van der Waals surface area (Å²) in [6.45, 7) is 5.24. The van der Waals surface area contributed by atoms with E-state index in [0.29, 0.717) is 44.3 Å². The van der Waals surface area contributed by atoms with Crippen LogP contribution in [0.15, 0.2) is 53.4 Å². The van der Waals surface area contributed by atoms with Gasteiger partial charge in [0.15, 0.2) is 5.76 Å². The van der Waals surface area contributed by atoms with Crippen LogP contribution < -0.4 is 10.2 Å². The van der Waals surface area contributed by atoms with Crippen LogP contribution in [0.1, 0.15) is 21.9 Å². The lowest BCUT2D eigenvalue weighted by atomic mass is 10.2. The van der Waals surface area contributed by atoms with Gasteiger partial charge in [0.05, 0.1) is 6.26 Å². The summed E-state index contributed by atoms with van der Waals surface area (Å²) in [5.41, 5.74) is 1.14. The Morgan fingerprint density at radius 3 is 2.64 bits per heavy atom. The number of carbonyl (C=O) groups excluding carboxylic acids is 1. The molecule has 0 saturated carbocycles. The Morgan fingerprint density at radius 2 is 1.93 bits per heavy atom. The van der Waals surface area contributed by atoms with Gasteiger partial charge >= 0.3 is 0 Å². The third kappa shape index (κ3) is 4.11. The molecule has 1 fully saturated rings. The van der Waals surface area contributed by atoms with E-state index < -0.39 is 0 Å². The molecule has 0 spiro atoms. The molecule has 0 bridgehead atoms. The largest absolute Gasteiger partial charge is 0.459 e. The second-order valence-corrected chi connectivity index (χ2v) is 6.62. The van der Waals surface area contributed by atoms with Gasteiger partial charge in [-0.1, -0.05) is 0 Å². The number of anilines is 2. The van der Waals surface area contributed by atoms with Crippen molar-refractivity contribution in [2.45, 2.75) is 13.5 Å². The van der Waals surface area contributed by atoms with Crippen molar-refractivity contribution < 1.29 is 9.21 Å². The molecule has 144 valence electrons. The first kappa shape index (κ1) is 18.0. The van der Waals surface area contributed by atoms with E-state index in [1.807, 2.05) is 30.0 Å². The topological polar surface area (TPSA) is 87.4 Å². The van der Waals surface area contributed by atoms with Crippen molar-refractivity contribution in [3.8, 4) is 0 Å². The third-order valence-corrected chi connectivity index (χ3v) is 4.67. The normalized spacial score (nSPS) is 14.2. The number of aromatic nitrogens is 3. The first-order chi connectivity index (χ1) is 13.7. The van der Waals surface area contributed by atoms with E-state index in [1.165, 1.54) is 6.26 Å². The summed E-state index contributed by atoms with van der Waals surface area (Å²) in [6, 6.07) is 9.32. The molecule has 0 aliphatic carbocycles. The molecule has 0 radical (unpaired) electrons. The summed E-state index contributed by atoms with van der Waals surface area (Å²) < 4.78 is 5.22. The van der Waals surface area contributed by atoms with Gasteiger partial charge in [0.25, 0.3) is 5.91 Å². The van der Waals surface area contributed by atoms with E-state index in [4.69, 9.17) is 4.42 Å². The van der Waals surface area contributed by atoms with Crippen LogP contribution in [0.5, 0.6) is 0 Å². The molecule has 28 heavy (non-hydrogen) atoms. The van der Waals surface area contributed by atoms with Crippen LogP contribution in [-0.4, -0.2) is 51.9 Å². The van der Waals surface area contributed by atoms with Crippen LogP contribution in [0.4, 0.5) is 11.6 Å². The number of piperazine rings is 1. The molecule has 8 nitrogen and oxygen atoms in total. The molecule has 0 unspecified atom stereocenters. The van der Waals surface area contributed by atoms with Gasteiger partial charge in [-0.05, 0) is 36.8 Å². The maximum absolute atomic E-state index is 12.4. The summed E-state index contributed by atoms with van der Waals surface area (Å²) in [5, 5.41) is 3.34. The van der Waals surface area contributed by atoms with Crippen LogP contribution in [0, 0.1) is 6.92 Å². The zero-order chi connectivity index (χ0) is 19.3. The van der Waals surface area contributed by atoms with Gasteiger partial charge < -0.3 is 19.5 Å². The number of aryl methyl sites for hydroxylation is 1. The zero-order valence-corrected chi connectivity index (χ0v) is 15.7. The van der Waals surface area contributed by atoms with Crippen molar-refractivity contribution in [3.05, 3.63) is 66.1 Å². The summed E-state index contributed by atoms with van der Waals surface area (Å²) >= 11 is 0. The van der Waals surface area contributed by atoms with Gasteiger partial charge in [-0.3, -0.25) is 9.78 Å². The molecule has 3 aromatic heterocycles. The minimum atomic E-state index is -0.0665. The molecule has 8 heteroatoms. The molecule has 1 saturated heterocycles. The second-order valence-electron chi connectivity index (χ2n) is 6.62. The van der Waals surface area contributed by atoms with Gasteiger partial charge in [-0.25, -0.2) is 9.97 Å². The number of nitrogens with one attached hydrogen (secondary N) is 1. The van der Waals surface area contributed by atoms with Gasteiger partial charge in [0, 0.05) is 51.2 Å². The Kier molecular flexibility index (Phi) is 5.18. The predicted octanol–water partition coefficient (Wildman–Crippen LogP) is 2.35. The molecule has 1 N–H and O–H groups in total. The lowest BCUT2D eigenvalue weighted by molar-refractivity contribution is 0.0714. The van der Waals surface area contributed by atoms with Crippen molar-refractivity contribution >= 4 is 17.5 Å². The number of hydrogen-bond donors (Lipinski definition) is 1. The summed E-state index contributed by atoms with van der Waals surface area (Å²) in [7, 11) is 0. The Balaban J connectivity index is 1.39. The fraction of sp³-hybridized carbons (Fsp3) is 0.300. The van der Waals surface area contributed by atoms with E-state index in [1.54, 1.807) is 24.5 Å². The van der Waals surface area contributed by atoms with Crippen molar-refractivity contribution in [2.24, 2.45) is 0 Å². The van der Waals surface area contributed by atoms with Gasteiger partial charge in [-0.15, -0.1) is 0 Å². The molecule has 0 atom stereocenters. The van der Waals surface area contributed by atoms with E-state index in [0.717, 1.165) is 17.2 Å². The SMILES string of the molecule is Cc1nc(NCc2ccncc2)cc(N2CCN(C(=O)c3ccco3)CC2)n1. The van der Waals surface area contributed by atoms with E-state index in [9.17, 15) is 4.79 Å². The first-order valence-electron chi connectivity index (χ1n) is 9.25. The maximum Gasteiger partial charge on any atom is 0.289 e. The average Bonchev–Trinajstić information content (AvgIpc) is 3.27. The smallest absolute Gasteiger partial charge is 0.289 e. The number of rotatable bonds is 5. The lowest BCUT2D eigenvalue weighted by Gasteiger charge is -2.35. The van der Waals surface area contributed by atoms with Crippen LogP contribution >= 0.6 is 0 Å². The number of furan rings is 1. The molecular formula is C20H22N6O2. The van der Waals surface area contributed by atoms with E-state index in [2.05, 4.69) is 25.2 Å². The fourth-order valence-electron chi connectivity index (χ4n) is 3.19. The maximum atomic E-state index is 12.4. The predicted molar refractivity (Wildman–Crippen MR) is 105 cm³/mol. The van der Waals surface area contributed by atoms with Crippen LogP contribution in [0.25, 0.3) is 0 Å². The monoisotopic (exact) mass is 378 g/mol. The quantitative estimate of drug-likeness (QED) is 0.729. The number of nitrogens with zero attached hydrogens (tertiary/aromatic N) is 5. The van der Waals surface area contributed by atoms with Crippen LogP contribution in [0.3, 0.4) is 0 Å². The van der Waals surface area contributed by atoms with Crippen molar-refractivity contribution in [3.63, 3.8) is 0 Å². The highest BCUT2D eigenvalue weighted by Gasteiger charge is 2.24. The fourth-order valence-corrected chi connectivity index (χ4v) is 3.19. The Labute approximate surface area is 163 Å². The Morgan fingerprint density at radius 1 is 1.14 bits per heavy atom. The van der Waals surface area contributed by atoms with Gasteiger partial charge in [-0.2, -0.15) is 0 Å². The molecule has 1 aliphatic heterocycles. The summed E-state index contributed by atoms with van der Waals surface area (Å²) in [6.07, 6.45) is 5.07. The van der Waals surface area contributed by atoms with E-state index in [-0.39, 0.29) is 5.91 Å². The zero-order valence-electron chi connectivity index (χ0n) is 15.7. The molecule has 0 aromatic carbocycles. The molecule has 1 amide bonds. The average molecular weight is 378 g/mol. The van der Waals surface area contributed by atoms with Crippen LogP contribution in [-0.2, 0) is 6.54 Å². The Bertz CT molecular complexity index is 921. The van der Waals surface area contributed by atoms with Crippen molar-refractivity contribution in [1.82, 2.24) is 19.9 Å². The lowest BCUT2D eigenvalue weighted by Crippen LogP contribution is -2.49. The molecule has 1 aliphatic rings. The van der Waals surface area contributed by atoms with Crippen molar-refractivity contribution in [2.75, 3.05) is 36.4 Å². The summed E-state index contributed by atoms with van der Waals surface area (Å²) in [5.74, 6) is 2.68. The minimum Gasteiger partial charge on any atom is -0.459 e. The standard InChI is InChI=1S/C20H22N6O2/c1-15-23-18(22-14-16-4-6-21-7-5-16)13-19(24-15)25-8-10-26(11-9-25)20(27)17-3-2-12-28-17/h2-7,12-13H,8-11,14H2,1H3,(H,22,23,24). The Hall–Kier alpha value is -3.42. The summed E-state index contributed by atoms with van der Waals surface area (Å²) in [4.78, 5) is 29.5. The highest BCUT2D eigenvalue weighted by atomic mass is 16.3. The van der Waals surface area contributed by atoms with Gasteiger partial charge in [0.2, 0.25) is 0 Å². The van der Waals surface area contributed by atoms with Crippen molar-refractivity contribution in [1.29, 1.82) is 0 Å². The number of pyridine rings is 1. The molecule has 4 rings (SSSR count). The third-order valence-electron chi connectivity index (χ3n) is 4.67. The highest BCUT2D eigenvalue weighted by Crippen LogP contribution is 2.19. The van der Waals surface area contributed by atoms with E-state index >= 15 is 0 Å². The highest BCUT2D eigenvalue weighted by molar-refractivity contribution is 5.91. The number of carbonyl (C=O) groups is 1. The number of amides is 1.